The molecule has 0 radical (unpaired) electrons. The van der Waals surface area contributed by atoms with Gasteiger partial charge >= 0.3 is 0 Å². The van der Waals surface area contributed by atoms with Crippen molar-refractivity contribution in [1.29, 1.82) is 0 Å². The highest BCUT2D eigenvalue weighted by Crippen LogP contribution is 2.25. The Labute approximate surface area is 139 Å². The number of hydrogen-bond acceptors (Lipinski definition) is 4. The van der Waals surface area contributed by atoms with Crippen LogP contribution >= 0.6 is 11.6 Å². The van der Waals surface area contributed by atoms with Gasteiger partial charge < -0.3 is 14.4 Å². The van der Waals surface area contributed by atoms with Gasteiger partial charge in [0.2, 0.25) is 0 Å². The Morgan fingerprint density at radius 3 is 2.70 bits per heavy atom. The van der Waals surface area contributed by atoms with Crippen molar-refractivity contribution in [3.8, 4) is 11.6 Å². The maximum atomic E-state index is 12.4. The van der Waals surface area contributed by atoms with Crippen LogP contribution < -0.4 is 4.74 Å². The Bertz CT molecular complexity index is 668. The Morgan fingerprint density at radius 1 is 1.30 bits per heavy atom. The molecule has 1 aliphatic heterocycles. The van der Waals surface area contributed by atoms with E-state index in [0.29, 0.717) is 31.3 Å². The Balaban J connectivity index is 1.70. The van der Waals surface area contributed by atoms with E-state index in [0.717, 1.165) is 5.69 Å². The van der Waals surface area contributed by atoms with Crippen LogP contribution in [0.1, 0.15) is 6.92 Å². The summed E-state index contributed by atoms with van der Waals surface area (Å²) in [5.41, 5.74) is 0.872. The molecule has 1 aromatic carbocycles. The number of rotatable bonds is 4. The van der Waals surface area contributed by atoms with Crippen LogP contribution in [-0.4, -0.2) is 53.0 Å². The number of carbonyl (C=O) groups excluding carboxylic acids is 1. The van der Waals surface area contributed by atoms with Crippen LogP contribution in [0.4, 0.5) is 0 Å². The number of halogens is 1. The number of aromatic nitrogens is 2. The molecule has 0 bridgehead atoms. The number of benzene rings is 1. The molecule has 1 amide bonds. The van der Waals surface area contributed by atoms with E-state index in [4.69, 9.17) is 21.1 Å². The molecule has 0 aliphatic carbocycles. The summed E-state index contributed by atoms with van der Waals surface area (Å²) in [7, 11) is 0. The van der Waals surface area contributed by atoms with E-state index in [1.165, 1.54) is 0 Å². The van der Waals surface area contributed by atoms with Gasteiger partial charge in [-0.15, -0.1) is 5.10 Å². The second kappa shape index (κ2) is 7.02. The topological polar surface area (TPSA) is 56.6 Å². The van der Waals surface area contributed by atoms with Crippen LogP contribution in [0.2, 0.25) is 5.02 Å². The fraction of sp³-hybridized carbons (Fsp3) is 0.375. The molecule has 3 rings (SSSR count). The zero-order chi connectivity index (χ0) is 16.2. The molecule has 1 fully saturated rings. The van der Waals surface area contributed by atoms with Crippen molar-refractivity contribution in [2.75, 3.05) is 26.3 Å². The highest BCUT2D eigenvalue weighted by atomic mass is 35.5. The summed E-state index contributed by atoms with van der Waals surface area (Å²) >= 11 is 6.18. The van der Waals surface area contributed by atoms with Crippen molar-refractivity contribution in [1.82, 2.24) is 14.7 Å². The van der Waals surface area contributed by atoms with Crippen LogP contribution in [0.5, 0.6) is 5.88 Å². The summed E-state index contributed by atoms with van der Waals surface area (Å²) in [6.07, 6.45) is 1.02. The second-order valence-electron chi connectivity index (χ2n) is 5.26. The van der Waals surface area contributed by atoms with Crippen LogP contribution in [0, 0.1) is 0 Å². The van der Waals surface area contributed by atoms with Crippen LogP contribution in [0.15, 0.2) is 36.5 Å². The smallest absolute Gasteiger partial charge is 0.263 e. The maximum absolute atomic E-state index is 12.4. The van der Waals surface area contributed by atoms with E-state index in [1.54, 1.807) is 22.7 Å². The number of hydrogen-bond donors (Lipinski definition) is 0. The lowest BCUT2D eigenvalue weighted by atomic mass is 10.3. The fourth-order valence-electron chi connectivity index (χ4n) is 2.39. The standard InChI is InChI=1S/C16H18ClN3O3/c1-12(16(21)19-7-9-22-10-8-19)23-15-14(17)11-20(18-15)13-5-3-2-4-6-13/h2-6,11-12H,7-10H2,1H3/t12-/m0/s1. The summed E-state index contributed by atoms with van der Waals surface area (Å²) in [4.78, 5) is 14.1. The Hall–Kier alpha value is -2.05. The first-order chi connectivity index (χ1) is 11.1. The van der Waals surface area contributed by atoms with Gasteiger partial charge in [0.25, 0.3) is 11.8 Å². The molecular weight excluding hydrogens is 318 g/mol. The van der Waals surface area contributed by atoms with Crippen molar-refractivity contribution in [2.45, 2.75) is 13.0 Å². The first-order valence-corrected chi connectivity index (χ1v) is 7.87. The minimum atomic E-state index is -0.648. The molecule has 2 heterocycles. The third kappa shape index (κ3) is 3.65. The van der Waals surface area contributed by atoms with E-state index in [2.05, 4.69) is 5.10 Å². The van der Waals surface area contributed by atoms with Gasteiger partial charge in [0, 0.05) is 13.1 Å². The van der Waals surface area contributed by atoms with Gasteiger partial charge in [0.1, 0.15) is 5.02 Å². The molecule has 1 atom stereocenters. The summed E-state index contributed by atoms with van der Waals surface area (Å²) in [6, 6.07) is 9.58. The minimum Gasteiger partial charge on any atom is -0.462 e. The zero-order valence-corrected chi connectivity index (χ0v) is 13.6. The molecule has 1 aliphatic rings. The molecule has 0 spiro atoms. The summed E-state index contributed by atoms with van der Waals surface area (Å²) in [5.74, 6) is 0.170. The normalized spacial score (nSPS) is 16.2. The Morgan fingerprint density at radius 2 is 2.00 bits per heavy atom. The lowest BCUT2D eigenvalue weighted by molar-refractivity contribution is -0.142. The zero-order valence-electron chi connectivity index (χ0n) is 12.8. The van der Waals surface area contributed by atoms with Gasteiger partial charge in [-0.3, -0.25) is 4.79 Å². The lowest BCUT2D eigenvalue weighted by Gasteiger charge is -2.28. The molecule has 1 aromatic heterocycles. The van der Waals surface area contributed by atoms with E-state index >= 15 is 0 Å². The molecule has 0 saturated carbocycles. The monoisotopic (exact) mass is 335 g/mol. The summed E-state index contributed by atoms with van der Waals surface area (Å²) in [6.45, 7) is 3.98. The number of nitrogens with zero attached hydrogens (tertiary/aromatic N) is 3. The summed E-state index contributed by atoms with van der Waals surface area (Å²) < 4.78 is 12.5. The number of morpholine rings is 1. The molecule has 0 N–H and O–H groups in total. The number of carbonyl (C=O) groups is 1. The Kier molecular flexibility index (Phi) is 4.83. The van der Waals surface area contributed by atoms with Crippen molar-refractivity contribution >= 4 is 17.5 Å². The van der Waals surface area contributed by atoms with E-state index < -0.39 is 6.10 Å². The molecule has 2 aromatic rings. The molecule has 7 heteroatoms. The maximum Gasteiger partial charge on any atom is 0.263 e. The largest absolute Gasteiger partial charge is 0.462 e. The quantitative estimate of drug-likeness (QED) is 0.859. The fourth-order valence-corrected chi connectivity index (χ4v) is 2.56. The summed E-state index contributed by atoms with van der Waals surface area (Å²) in [5, 5.41) is 4.69. The van der Waals surface area contributed by atoms with Crippen molar-refractivity contribution < 1.29 is 14.3 Å². The highest BCUT2D eigenvalue weighted by Gasteiger charge is 2.25. The SMILES string of the molecule is C[C@H](Oc1nn(-c2ccccc2)cc1Cl)C(=O)N1CCOCC1. The molecule has 6 nitrogen and oxygen atoms in total. The van der Waals surface area contributed by atoms with Crippen molar-refractivity contribution in [3.05, 3.63) is 41.6 Å². The van der Waals surface area contributed by atoms with Gasteiger partial charge in [-0.25, -0.2) is 4.68 Å². The van der Waals surface area contributed by atoms with Gasteiger partial charge in [-0.1, -0.05) is 29.8 Å². The lowest BCUT2D eigenvalue weighted by Crippen LogP contribution is -2.46. The van der Waals surface area contributed by atoms with Gasteiger partial charge in [0.15, 0.2) is 6.10 Å². The number of amides is 1. The van der Waals surface area contributed by atoms with Gasteiger partial charge in [-0.2, -0.15) is 0 Å². The van der Waals surface area contributed by atoms with E-state index in [1.807, 2.05) is 30.3 Å². The van der Waals surface area contributed by atoms with Gasteiger partial charge in [-0.05, 0) is 19.1 Å². The van der Waals surface area contributed by atoms with E-state index in [9.17, 15) is 4.79 Å². The van der Waals surface area contributed by atoms with Crippen molar-refractivity contribution in [3.63, 3.8) is 0 Å². The first kappa shape index (κ1) is 15.8. The van der Waals surface area contributed by atoms with Crippen molar-refractivity contribution in [2.24, 2.45) is 0 Å². The van der Waals surface area contributed by atoms with Gasteiger partial charge in [0.05, 0.1) is 25.1 Å². The van der Waals surface area contributed by atoms with E-state index in [-0.39, 0.29) is 11.8 Å². The number of para-hydroxylation sites is 1. The van der Waals surface area contributed by atoms with Crippen LogP contribution in [0.3, 0.4) is 0 Å². The van der Waals surface area contributed by atoms with Crippen LogP contribution in [0.25, 0.3) is 5.69 Å². The average Bonchev–Trinajstić information content (AvgIpc) is 2.96. The molecule has 0 unspecified atom stereocenters. The average molecular weight is 336 g/mol. The third-order valence-corrected chi connectivity index (χ3v) is 3.88. The molecular formula is C16H18ClN3O3. The third-order valence-electron chi connectivity index (χ3n) is 3.62. The molecule has 122 valence electrons. The predicted molar refractivity (Wildman–Crippen MR) is 86.1 cm³/mol. The van der Waals surface area contributed by atoms with Crippen LogP contribution in [-0.2, 0) is 9.53 Å². The number of ether oxygens (including phenoxy) is 2. The predicted octanol–water partition coefficient (Wildman–Crippen LogP) is 2.15. The first-order valence-electron chi connectivity index (χ1n) is 7.49. The minimum absolute atomic E-state index is 0.0846. The molecule has 1 saturated heterocycles. The second-order valence-corrected chi connectivity index (χ2v) is 5.67. The highest BCUT2D eigenvalue weighted by molar-refractivity contribution is 6.31. The molecule has 23 heavy (non-hydrogen) atoms.